The lowest BCUT2D eigenvalue weighted by molar-refractivity contribution is -0.150. The van der Waals surface area contributed by atoms with Gasteiger partial charge in [0, 0.05) is 5.56 Å². The molecule has 130 valence electrons. The van der Waals surface area contributed by atoms with Crippen molar-refractivity contribution >= 4 is 12.1 Å². The molecule has 1 amide bonds. The number of benzene rings is 2. The van der Waals surface area contributed by atoms with Gasteiger partial charge in [-0.3, -0.25) is 4.90 Å². The summed E-state index contributed by atoms with van der Waals surface area (Å²) in [6.45, 7) is 0. The Hall–Kier alpha value is -3.06. The fourth-order valence-corrected chi connectivity index (χ4v) is 2.98. The van der Waals surface area contributed by atoms with E-state index < -0.39 is 30.4 Å². The Labute approximate surface area is 144 Å². The van der Waals surface area contributed by atoms with Crippen LogP contribution in [0.5, 0.6) is 5.75 Å². The molecule has 2 N–H and O–H groups in total. The summed E-state index contributed by atoms with van der Waals surface area (Å²) in [7, 11) is 1.52. The van der Waals surface area contributed by atoms with Gasteiger partial charge in [-0.1, -0.05) is 42.5 Å². The van der Waals surface area contributed by atoms with Crippen molar-refractivity contribution in [2.24, 2.45) is 0 Å². The average molecular weight is 343 g/mol. The first-order valence-electron chi connectivity index (χ1n) is 7.61. The molecule has 0 bridgehead atoms. The van der Waals surface area contributed by atoms with Gasteiger partial charge in [0.15, 0.2) is 12.3 Å². The van der Waals surface area contributed by atoms with E-state index in [1.807, 2.05) is 0 Å². The highest BCUT2D eigenvalue weighted by molar-refractivity contribution is 5.77. The molecule has 7 heteroatoms. The molecule has 3 unspecified atom stereocenters. The zero-order chi connectivity index (χ0) is 18.0. The number of carbonyl (C=O) groups is 2. The van der Waals surface area contributed by atoms with Crippen LogP contribution in [0, 0.1) is 0 Å². The summed E-state index contributed by atoms with van der Waals surface area (Å²) in [6.07, 6.45) is -3.57. The number of hydrogen-bond acceptors (Lipinski definition) is 4. The molecule has 1 fully saturated rings. The Kier molecular flexibility index (Phi) is 4.58. The van der Waals surface area contributed by atoms with Gasteiger partial charge in [-0.25, -0.2) is 9.59 Å². The number of rotatable bonds is 4. The number of hydrogen-bond donors (Lipinski definition) is 2. The molecule has 1 aliphatic heterocycles. The predicted octanol–water partition coefficient (Wildman–Crippen LogP) is 2.90. The molecule has 1 heterocycles. The van der Waals surface area contributed by atoms with Crippen LogP contribution in [0.1, 0.15) is 23.4 Å². The van der Waals surface area contributed by atoms with E-state index in [9.17, 15) is 19.8 Å². The summed E-state index contributed by atoms with van der Waals surface area (Å²) in [5, 5.41) is 19.2. The molecule has 0 aliphatic carbocycles. The van der Waals surface area contributed by atoms with Crippen molar-refractivity contribution in [2.45, 2.75) is 18.4 Å². The van der Waals surface area contributed by atoms with Crippen LogP contribution in [0.4, 0.5) is 4.79 Å². The quantitative estimate of drug-likeness (QED) is 0.886. The van der Waals surface area contributed by atoms with Crippen LogP contribution in [0.25, 0.3) is 0 Å². The Morgan fingerprint density at radius 2 is 1.64 bits per heavy atom. The highest BCUT2D eigenvalue weighted by atomic mass is 16.6. The van der Waals surface area contributed by atoms with Crippen molar-refractivity contribution in [1.82, 2.24) is 4.90 Å². The summed E-state index contributed by atoms with van der Waals surface area (Å²) in [4.78, 5) is 24.6. The molecule has 3 rings (SSSR count). The summed E-state index contributed by atoms with van der Waals surface area (Å²) >= 11 is 0. The van der Waals surface area contributed by atoms with Gasteiger partial charge < -0.3 is 19.7 Å². The van der Waals surface area contributed by atoms with E-state index in [0.717, 1.165) is 4.90 Å². The van der Waals surface area contributed by atoms with Crippen molar-refractivity contribution in [3.05, 3.63) is 65.7 Å². The van der Waals surface area contributed by atoms with Crippen LogP contribution < -0.4 is 4.74 Å². The molecular formula is C18H17NO6. The maximum atomic E-state index is 11.9. The first-order chi connectivity index (χ1) is 12.0. The van der Waals surface area contributed by atoms with E-state index >= 15 is 0 Å². The summed E-state index contributed by atoms with van der Waals surface area (Å²) in [6, 6.07) is 14.3. The van der Waals surface area contributed by atoms with Crippen molar-refractivity contribution in [3.8, 4) is 5.75 Å². The molecule has 25 heavy (non-hydrogen) atoms. The normalized spacial score (nSPS) is 22.6. The van der Waals surface area contributed by atoms with Crippen molar-refractivity contribution in [3.63, 3.8) is 0 Å². The van der Waals surface area contributed by atoms with Gasteiger partial charge in [0.25, 0.3) is 0 Å². The first-order valence-corrected chi connectivity index (χ1v) is 7.61. The molecule has 1 aliphatic rings. The lowest BCUT2D eigenvalue weighted by Gasteiger charge is -2.26. The maximum Gasteiger partial charge on any atom is 0.410 e. The number of amides is 1. The molecule has 2 aromatic carbocycles. The first kappa shape index (κ1) is 16.8. The lowest BCUT2D eigenvalue weighted by Crippen LogP contribution is -2.35. The molecule has 0 radical (unpaired) electrons. The molecule has 2 aromatic rings. The third kappa shape index (κ3) is 3.14. The van der Waals surface area contributed by atoms with Crippen molar-refractivity contribution < 1.29 is 29.3 Å². The van der Waals surface area contributed by atoms with Crippen LogP contribution in [-0.2, 0) is 9.53 Å². The van der Waals surface area contributed by atoms with Gasteiger partial charge in [-0.05, 0) is 17.7 Å². The SMILES string of the molecule is COc1ccc(C2OC(C(=O)O)C(c3ccccc3)N2C(=O)O)cc1. The Morgan fingerprint density at radius 3 is 2.16 bits per heavy atom. The van der Waals surface area contributed by atoms with Crippen LogP contribution in [0.15, 0.2) is 54.6 Å². The summed E-state index contributed by atoms with van der Waals surface area (Å²) in [5.74, 6) is -0.603. The van der Waals surface area contributed by atoms with Crippen LogP contribution in [0.2, 0.25) is 0 Å². The van der Waals surface area contributed by atoms with E-state index in [0.29, 0.717) is 16.9 Å². The Morgan fingerprint density at radius 1 is 1.00 bits per heavy atom. The van der Waals surface area contributed by atoms with Crippen LogP contribution >= 0.6 is 0 Å². The fraction of sp³-hybridized carbons (Fsp3) is 0.222. The van der Waals surface area contributed by atoms with E-state index in [2.05, 4.69) is 0 Å². The lowest BCUT2D eigenvalue weighted by atomic mass is 10.0. The van der Waals surface area contributed by atoms with E-state index in [1.165, 1.54) is 7.11 Å². The monoisotopic (exact) mass is 343 g/mol. The number of carboxylic acids is 1. The predicted molar refractivity (Wildman–Crippen MR) is 87.3 cm³/mol. The number of carboxylic acid groups (broad SMARTS) is 2. The largest absolute Gasteiger partial charge is 0.497 e. The van der Waals surface area contributed by atoms with Gasteiger partial charge in [-0.2, -0.15) is 0 Å². The third-order valence-corrected chi connectivity index (χ3v) is 4.12. The van der Waals surface area contributed by atoms with Gasteiger partial charge in [-0.15, -0.1) is 0 Å². The van der Waals surface area contributed by atoms with E-state index in [1.54, 1.807) is 54.6 Å². The molecule has 1 saturated heterocycles. The number of ether oxygens (including phenoxy) is 2. The second-order valence-electron chi connectivity index (χ2n) is 5.57. The molecule has 0 spiro atoms. The molecule has 0 aromatic heterocycles. The number of aliphatic carboxylic acids is 1. The van der Waals surface area contributed by atoms with Crippen LogP contribution in [-0.4, -0.2) is 40.4 Å². The number of methoxy groups -OCH3 is 1. The van der Waals surface area contributed by atoms with Crippen molar-refractivity contribution in [1.29, 1.82) is 0 Å². The fourth-order valence-electron chi connectivity index (χ4n) is 2.98. The van der Waals surface area contributed by atoms with Gasteiger partial charge >= 0.3 is 12.1 Å². The molecular weight excluding hydrogens is 326 g/mol. The number of nitrogens with zero attached hydrogens (tertiary/aromatic N) is 1. The molecule has 3 atom stereocenters. The highest BCUT2D eigenvalue weighted by Crippen LogP contribution is 2.43. The minimum absolute atomic E-state index is 0.535. The zero-order valence-electron chi connectivity index (χ0n) is 13.4. The van der Waals surface area contributed by atoms with E-state index in [-0.39, 0.29) is 0 Å². The Bertz CT molecular complexity index is 761. The molecule has 7 nitrogen and oxygen atoms in total. The maximum absolute atomic E-state index is 11.9. The highest BCUT2D eigenvalue weighted by Gasteiger charge is 2.49. The second-order valence-corrected chi connectivity index (χ2v) is 5.57. The molecule has 0 saturated carbocycles. The van der Waals surface area contributed by atoms with Gasteiger partial charge in [0.05, 0.1) is 7.11 Å². The Balaban J connectivity index is 2.04. The van der Waals surface area contributed by atoms with Gasteiger partial charge in [0.1, 0.15) is 11.8 Å². The minimum atomic E-state index is -1.30. The van der Waals surface area contributed by atoms with Crippen LogP contribution in [0.3, 0.4) is 0 Å². The second kappa shape index (κ2) is 6.82. The summed E-state index contributed by atoms with van der Waals surface area (Å²) in [5.41, 5.74) is 1.10. The smallest absolute Gasteiger partial charge is 0.410 e. The summed E-state index contributed by atoms with van der Waals surface area (Å²) < 4.78 is 10.7. The third-order valence-electron chi connectivity index (χ3n) is 4.12. The average Bonchev–Trinajstić information content (AvgIpc) is 3.03. The van der Waals surface area contributed by atoms with Gasteiger partial charge in [0.2, 0.25) is 0 Å². The topological polar surface area (TPSA) is 96.3 Å². The minimum Gasteiger partial charge on any atom is -0.497 e. The van der Waals surface area contributed by atoms with E-state index in [4.69, 9.17) is 9.47 Å². The zero-order valence-corrected chi connectivity index (χ0v) is 13.4. The standard InChI is InChI=1S/C18H17NO6/c1-24-13-9-7-12(8-10-13)16-19(18(22)23)14(15(25-16)17(20)21)11-5-3-2-4-6-11/h2-10,14-16H,1H3,(H,20,21)(H,22,23). The van der Waals surface area contributed by atoms with Crippen molar-refractivity contribution in [2.75, 3.05) is 7.11 Å².